The molecule has 0 saturated carbocycles. The Labute approximate surface area is 352 Å². The summed E-state index contributed by atoms with van der Waals surface area (Å²) in [6.07, 6.45) is -4.37. The predicted octanol–water partition coefficient (Wildman–Crippen LogP) is 12.2. The first kappa shape index (κ1) is 31.7. The Balaban J connectivity index is 0.000000167. The summed E-state index contributed by atoms with van der Waals surface area (Å²) < 4.78 is 155. The molecule has 4 aliphatic rings. The molecule has 0 bridgehead atoms. The van der Waals surface area contributed by atoms with Crippen molar-refractivity contribution in [2.45, 2.75) is 113 Å². The van der Waals surface area contributed by atoms with E-state index < -0.39 is 68.4 Å². The third-order valence-corrected chi connectivity index (χ3v) is 9.06. The van der Waals surface area contributed by atoms with E-state index >= 15 is 0 Å². The van der Waals surface area contributed by atoms with Crippen molar-refractivity contribution in [2.24, 2.45) is 23.7 Å². The zero-order valence-corrected chi connectivity index (χ0v) is 34.1. The molecule has 4 aromatic carbocycles. The molecule has 4 nitrogen and oxygen atoms in total. The van der Waals surface area contributed by atoms with Gasteiger partial charge in [0, 0.05) is 52.4 Å². The van der Waals surface area contributed by atoms with E-state index in [0.717, 1.165) is 12.5 Å². The molecule has 0 aliphatic carbocycles. The average Bonchev–Trinajstić information content (AvgIpc) is 3.93. The van der Waals surface area contributed by atoms with E-state index in [1.165, 1.54) is 30.3 Å². The minimum atomic E-state index is -1.89. The molecule has 310 valence electrons. The van der Waals surface area contributed by atoms with Gasteiger partial charge in [-0.05, 0) is 133 Å². The highest BCUT2D eigenvalue weighted by atomic mass is 19.1. The molecule has 0 radical (unpaired) electrons. The van der Waals surface area contributed by atoms with Gasteiger partial charge >= 0.3 is 0 Å². The molecular formula is C49H62F4O4. The van der Waals surface area contributed by atoms with Gasteiger partial charge in [-0.3, -0.25) is 0 Å². The molecule has 4 unspecified atom stereocenters. The molecule has 0 amide bonds. The summed E-state index contributed by atoms with van der Waals surface area (Å²) >= 11 is 0. The second-order valence-corrected chi connectivity index (χ2v) is 15.5. The highest BCUT2D eigenvalue weighted by Crippen LogP contribution is 2.34. The van der Waals surface area contributed by atoms with Gasteiger partial charge in [0.2, 0.25) is 0 Å². The van der Waals surface area contributed by atoms with Crippen LogP contribution in [0.1, 0.15) is 120 Å². The molecule has 0 aromatic heterocycles. The van der Waals surface area contributed by atoms with Gasteiger partial charge in [-0.1, -0.05) is 55.4 Å². The van der Waals surface area contributed by atoms with Crippen molar-refractivity contribution in [3.05, 3.63) is 116 Å². The number of fused-ring (bicyclic) bond motifs is 4. The minimum absolute atomic E-state index is 0.134. The Morgan fingerprint density at radius 3 is 1.28 bits per heavy atom. The van der Waals surface area contributed by atoms with Crippen LogP contribution in [0, 0.1) is 46.9 Å². The van der Waals surface area contributed by atoms with E-state index in [9.17, 15) is 17.6 Å². The third kappa shape index (κ3) is 11.7. The maximum Gasteiger partial charge on any atom is 0.126 e. The Kier molecular flexibility index (Phi) is 11.4. The van der Waals surface area contributed by atoms with E-state index in [1.807, 2.05) is 13.8 Å². The van der Waals surface area contributed by atoms with E-state index in [1.54, 1.807) is 53.7 Å². The lowest BCUT2D eigenvalue weighted by Crippen LogP contribution is -2.13. The number of halogens is 4. The van der Waals surface area contributed by atoms with E-state index in [-0.39, 0.29) is 45.7 Å². The van der Waals surface area contributed by atoms with Crippen LogP contribution in [0.25, 0.3) is 0 Å². The summed E-state index contributed by atoms with van der Waals surface area (Å²) in [7, 11) is 0. The number of hydrogen-bond acceptors (Lipinski definition) is 4. The molecule has 0 saturated heterocycles. The van der Waals surface area contributed by atoms with Gasteiger partial charge in [-0.2, -0.15) is 0 Å². The first-order chi connectivity index (χ1) is 31.2. The van der Waals surface area contributed by atoms with Crippen LogP contribution in [-0.2, 0) is 51.2 Å². The highest BCUT2D eigenvalue weighted by Gasteiger charge is 2.22. The molecular weight excluding hydrogens is 729 g/mol. The van der Waals surface area contributed by atoms with Crippen LogP contribution in [0.5, 0.6) is 23.0 Å². The fourth-order valence-corrected chi connectivity index (χ4v) is 6.70. The number of ether oxygens (including phenoxy) is 4. The van der Waals surface area contributed by atoms with E-state index in [0.29, 0.717) is 77.9 Å². The summed E-state index contributed by atoms with van der Waals surface area (Å²) in [6.45, 7) is 13.5. The summed E-state index contributed by atoms with van der Waals surface area (Å²) in [5.41, 5.74) is 2.91. The Morgan fingerprint density at radius 1 is 0.474 bits per heavy atom. The summed E-state index contributed by atoms with van der Waals surface area (Å²) in [6, 6.07) is 11.2. The smallest absolute Gasteiger partial charge is 0.126 e. The highest BCUT2D eigenvalue weighted by molar-refractivity contribution is 5.46. The van der Waals surface area contributed by atoms with Crippen LogP contribution < -0.4 is 18.9 Å². The molecule has 0 N–H and O–H groups in total. The second kappa shape index (κ2) is 20.5. The van der Waals surface area contributed by atoms with Crippen LogP contribution in [-0.4, -0.2) is 26.4 Å². The molecule has 0 fully saturated rings. The fraction of sp³-hybridized carbons (Fsp3) is 0.510. The minimum Gasteiger partial charge on any atom is -0.493 e. The maximum absolute atomic E-state index is 14.0. The van der Waals surface area contributed by atoms with Crippen molar-refractivity contribution in [3.63, 3.8) is 0 Å². The fourth-order valence-electron chi connectivity index (χ4n) is 6.70. The van der Waals surface area contributed by atoms with Crippen molar-refractivity contribution in [2.75, 3.05) is 26.4 Å². The van der Waals surface area contributed by atoms with Crippen LogP contribution in [0.2, 0.25) is 0 Å². The van der Waals surface area contributed by atoms with Gasteiger partial charge in [-0.25, -0.2) is 17.6 Å². The molecule has 57 heavy (non-hydrogen) atoms. The van der Waals surface area contributed by atoms with Crippen molar-refractivity contribution >= 4 is 0 Å². The van der Waals surface area contributed by atoms with Gasteiger partial charge in [0.25, 0.3) is 0 Å². The first-order valence-electron chi connectivity index (χ1n) is 25.0. The lowest BCUT2D eigenvalue weighted by Gasteiger charge is -2.21. The molecule has 4 atom stereocenters. The molecule has 8 heteroatoms. The topological polar surface area (TPSA) is 36.9 Å². The molecule has 0 spiro atoms. The van der Waals surface area contributed by atoms with E-state index in [4.69, 9.17) is 32.7 Å². The quantitative estimate of drug-likeness (QED) is 0.166. The zero-order chi connectivity index (χ0) is 50.1. The standard InChI is InChI=1S/C13H17FO.3C12H15FO/c1-9(2)8-11-10-4-3-7-15-13(10)6-5-12(11)14;3*1-8(2)7-10-9-5-6-14-12(9)4-3-11(10)13/h5-6,9H,3-4,7-8H2,1-2H3;3*3-4,8H,5-7H2,1-2H3/i8D2;5D,6D,7D2;5D,6D;7D2. The zero-order valence-electron chi connectivity index (χ0n) is 44.1. The van der Waals surface area contributed by atoms with Crippen molar-refractivity contribution in [1.82, 2.24) is 0 Å². The summed E-state index contributed by atoms with van der Waals surface area (Å²) in [4.78, 5) is 0. The summed E-state index contributed by atoms with van der Waals surface area (Å²) in [5, 5.41) is 0. The second-order valence-electron chi connectivity index (χ2n) is 15.5. The third-order valence-electron chi connectivity index (χ3n) is 9.06. The van der Waals surface area contributed by atoms with Crippen LogP contribution in [0.3, 0.4) is 0 Å². The number of benzene rings is 4. The molecule has 4 aromatic rings. The predicted molar refractivity (Wildman–Crippen MR) is 221 cm³/mol. The SMILES string of the molecule is [2H]C([2H])(c1c(F)ccc2c1CCCO2)C(C)C.[2H]C([2H])(c1c(F)ccc2c1CCO2)C(C)C.[2H]C1Oc2ccc(F)c(C([2H])([2H])C(C)C)c2C1[2H].[2H]C1Oc2ccc(F)c(CC(C)C)c2C1[2H]. The van der Waals surface area contributed by atoms with Crippen LogP contribution in [0.15, 0.2) is 48.5 Å². The number of hydrogen-bond donors (Lipinski definition) is 0. The van der Waals surface area contributed by atoms with Crippen LogP contribution in [0.4, 0.5) is 17.6 Å². The van der Waals surface area contributed by atoms with Crippen molar-refractivity contribution in [3.8, 4) is 23.0 Å². The lowest BCUT2D eigenvalue weighted by molar-refractivity contribution is 0.286. The van der Waals surface area contributed by atoms with Gasteiger partial charge in [-0.15, -0.1) is 0 Å². The maximum atomic E-state index is 14.0. The van der Waals surface area contributed by atoms with Gasteiger partial charge in [0.05, 0.1) is 29.1 Å². The Morgan fingerprint density at radius 2 is 0.842 bits per heavy atom. The number of rotatable bonds is 8. The normalized spacial score (nSPS) is 22.9. The molecule has 8 rings (SSSR count). The van der Waals surface area contributed by atoms with Crippen LogP contribution >= 0.6 is 0 Å². The molecule has 4 heterocycles. The summed E-state index contributed by atoms with van der Waals surface area (Å²) in [5.74, 6) is -0.556. The van der Waals surface area contributed by atoms with Gasteiger partial charge in [0.15, 0.2) is 0 Å². The first-order valence-corrected chi connectivity index (χ1v) is 19.7. The Bertz CT molecular complexity index is 2380. The molecule has 4 aliphatic heterocycles. The van der Waals surface area contributed by atoms with Gasteiger partial charge in [0.1, 0.15) is 46.3 Å². The lowest BCUT2D eigenvalue weighted by atomic mass is 9.93. The van der Waals surface area contributed by atoms with Crippen molar-refractivity contribution < 1.29 is 50.2 Å². The van der Waals surface area contributed by atoms with E-state index in [2.05, 4.69) is 0 Å². The monoisotopic (exact) mass is 801 g/mol. The Hall–Kier alpha value is -4.20. The largest absolute Gasteiger partial charge is 0.493 e. The van der Waals surface area contributed by atoms with Crippen molar-refractivity contribution in [1.29, 1.82) is 0 Å². The average molecular weight is 801 g/mol. The van der Waals surface area contributed by atoms with Gasteiger partial charge < -0.3 is 18.9 Å².